The topological polar surface area (TPSA) is 66.4 Å². The Balaban J connectivity index is 1.96. The van der Waals surface area contributed by atoms with Gasteiger partial charge in [0.2, 0.25) is 0 Å². The van der Waals surface area contributed by atoms with E-state index in [1.54, 1.807) is 30.3 Å². The van der Waals surface area contributed by atoms with Crippen molar-refractivity contribution >= 4 is 23.5 Å². The Morgan fingerprint density at radius 1 is 1.00 bits per heavy atom. The van der Waals surface area contributed by atoms with E-state index in [0.29, 0.717) is 16.9 Å². The number of carbonyl (C=O) groups is 2. The van der Waals surface area contributed by atoms with Gasteiger partial charge < -0.3 is 10.4 Å². The summed E-state index contributed by atoms with van der Waals surface area (Å²) in [5, 5.41) is 11.3. The van der Waals surface area contributed by atoms with Crippen molar-refractivity contribution in [3.63, 3.8) is 0 Å². The molecule has 0 aliphatic carbocycles. The maximum Gasteiger partial charge on any atom is 0.251 e. The Morgan fingerprint density at radius 2 is 1.73 bits per heavy atom. The summed E-state index contributed by atoms with van der Waals surface area (Å²) in [4.78, 5) is 24.7. The van der Waals surface area contributed by atoms with Gasteiger partial charge in [0.1, 0.15) is 0 Å². The van der Waals surface area contributed by atoms with Gasteiger partial charge in [0.15, 0.2) is 5.78 Å². The minimum absolute atomic E-state index is 0.0562. The van der Waals surface area contributed by atoms with E-state index in [-0.39, 0.29) is 24.8 Å². The van der Waals surface area contributed by atoms with Crippen molar-refractivity contribution in [2.45, 2.75) is 4.90 Å². The molecule has 0 spiro atoms. The van der Waals surface area contributed by atoms with E-state index in [9.17, 15) is 9.59 Å². The summed E-state index contributed by atoms with van der Waals surface area (Å²) in [6, 6.07) is 16.2. The highest BCUT2D eigenvalue weighted by Crippen LogP contribution is 2.20. The van der Waals surface area contributed by atoms with Gasteiger partial charge >= 0.3 is 0 Å². The fourth-order valence-electron chi connectivity index (χ4n) is 1.85. The van der Waals surface area contributed by atoms with Crippen LogP contribution >= 0.6 is 11.8 Å². The monoisotopic (exact) mass is 315 g/mol. The lowest BCUT2D eigenvalue weighted by Crippen LogP contribution is -2.26. The maximum absolute atomic E-state index is 12.1. The van der Waals surface area contributed by atoms with Crippen LogP contribution in [-0.4, -0.2) is 35.7 Å². The highest BCUT2D eigenvalue weighted by molar-refractivity contribution is 8.00. The number of Topliss-reactive ketones (excluding diaryl/α,β-unsaturated/α-hetero) is 1. The van der Waals surface area contributed by atoms with Crippen LogP contribution in [0.3, 0.4) is 0 Å². The molecule has 1 amide bonds. The highest BCUT2D eigenvalue weighted by Gasteiger charge is 2.08. The number of ketones is 1. The average Bonchev–Trinajstić information content (AvgIpc) is 2.58. The minimum Gasteiger partial charge on any atom is -0.395 e. The fraction of sp³-hybridized carbons (Fsp3) is 0.176. The lowest BCUT2D eigenvalue weighted by Gasteiger charge is -2.06. The SMILES string of the molecule is O=C(CSc1cccc(C(=O)NCCO)c1)c1ccccc1. The molecule has 2 aromatic carbocycles. The summed E-state index contributed by atoms with van der Waals surface area (Å²) in [6.45, 7) is 0.133. The number of carbonyl (C=O) groups excluding carboxylic acids is 2. The van der Waals surface area contributed by atoms with Gasteiger partial charge in [0, 0.05) is 22.6 Å². The van der Waals surface area contributed by atoms with Crippen LogP contribution in [0.5, 0.6) is 0 Å². The van der Waals surface area contributed by atoms with Crippen molar-refractivity contribution in [2.24, 2.45) is 0 Å². The summed E-state index contributed by atoms with van der Waals surface area (Å²) in [6.07, 6.45) is 0. The first kappa shape index (κ1) is 16.3. The zero-order valence-electron chi connectivity index (χ0n) is 12.0. The second kappa shape index (κ2) is 8.36. The molecule has 0 unspecified atom stereocenters. The van der Waals surface area contributed by atoms with E-state index >= 15 is 0 Å². The molecule has 114 valence electrons. The van der Waals surface area contributed by atoms with Crippen LogP contribution in [0.4, 0.5) is 0 Å². The Kier molecular flexibility index (Phi) is 6.18. The number of aliphatic hydroxyl groups is 1. The van der Waals surface area contributed by atoms with Gasteiger partial charge in [-0.15, -0.1) is 11.8 Å². The van der Waals surface area contributed by atoms with Gasteiger partial charge in [0.05, 0.1) is 12.4 Å². The van der Waals surface area contributed by atoms with Crippen LogP contribution in [-0.2, 0) is 0 Å². The number of hydrogen-bond donors (Lipinski definition) is 2. The third-order valence-electron chi connectivity index (χ3n) is 2.96. The smallest absolute Gasteiger partial charge is 0.251 e. The standard InChI is InChI=1S/C17H17NO3S/c19-10-9-18-17(21)14-7-4-8-15(11-14)22-12-16(20)13-5-2-1-3-6-13/h1-8,11,19H,9-10,12H2,(H,18,21). The number of nitrogens with one attached hydrogen (secondary N) is 1. The first-order valence-electron chi connectivity index (χ1n) is 6.91. The zero-order chi connectivity index (χ0) is 15.8. The molecule has 0 aliphatic heterocycles. The van der Waals surface area contributed by atoms with Crippen LogP contribution in [0.25, 0.3) is 0 Å². The lowest BCUT2D eigenvalue weighted by molar-refractivity contribution is 0.0944. The van der Waals surface area contributed by atoms with Gasteiger partial charge in [-0.2, -0.15) is 0 Å². The number of thioether (sulfide) groups is 1. The quantitative estimate of drug-likeness (QED) is 0.608. The summed E-state index contributed by atoms with van der Waals surface area (Å²) >= 11 is 1.40. The van der Waals surface area contributed by atoms with E-state index in [1.807, 2.05) is 24.3 Å². The van der Waals surface area contributed by atoms with Gasteiger partial charge in [-0.25, -0.2) is 0 Å². The predicted molar refractivity (Wildman–Crippen MR) is 87.4 cm³/mol. The number of aliphatic hydroxyl groups excluding tert-OH is 1. The van der Waals surface area contributed by atoms with E-state index in [1.165, 1.54) is 11.8 Å². The molecule has 2 N–H and O–H groups in total. The summed E-state index contributed by atoms with van der Waals surface area (Å²) in [5.41, 5.74) is 1.21. The lowest BCUT2D eigenvalue weighted by atomic mass is 10.2. The van der Waals surface area contributed by atoms with Crippen LogP contribution in [0, 0.1) is 0 Å². The molecule has 0 bridgehead atoms. The summed E-state index contributed by atoms with van der Waals surface area (Å²) in [5.74, 6) is 0.151. The van der Waals surface area contributed by atoms with E-state index < -0.39 is 0 Å². The van der Waals surface area contributed by atoms with E-state index in [4.69, 9.17) is 5.11 Å². The normalized spacial score (nSPS) is 10.2. The molecular formula is C17H17NO3S. The molecule has 0 atom stereocenters. The first-order valence-corrected chi connectivity index (χ1v) is 7.89. The molecule has 2 aromatic rings. The second-order valence-electron chi connectivity index (χ2n) is 4.59. The summed E-state index contributed by atoms with van der Waals surface area (Å²) in [7, 11) is 0. The minimum atomic E-state index is -0.231. The maximum atomic E-state index is 12.1. The van der Waals surface area contributed by atoms with Crippen molar-refractivity contribution < 1.29 is 14.7 Å². The van der Waals surface area contributed by atoms with Crippen molar-refractivity contribution in [2.75, 3.05) is 18.9 Å². The van der Waals surface area contributed by atoms with Crippen molar-refractivity contribution in [3.05, 3.63) is 65.7 Å². The number of hydrogen-bond acceptors (Lipinski definition) is 4. The Bertz CT molecular complexity index is 643. The van der Waals surface area contributed by atoms with Crippen molar-refractivity contribution in [1.29, 1.82) is 0 Å². The molecule has 4 nitrogen and oxygen atoms in total. The van der Waals surface area contributed by atoms with Gasteiger partial charge in [-0.1, -0.05) is 36.4 Å². The molecule has 0 heterocycles. The fourth-order valence-corrected chi connectivity index (χ4v) is 2.70. The van der Waals surface area contributed by atoms with Crippen LogP contribution in [0.2, 0.25) is 0 Å². The Morgan fingerprint density at radius 3 is 2.45 bits per heavy atom. The van der Waals surface area contributed by atoms with E-state index in [2.05, 4.69) is 5.32 Å². The molecule has 0 fully saturated rings. The number of rotatable bonds is 7. The third-order valence-corrected chi connectivity index (χ3v) is 3.95. The largest absolute Gasteiger partial charge is 0.395 e. The van der Waals surface area contributed by atoms with E-state index in [0.717, 1.165) is 4.90 Å². The van der Waals surface area contributed by atoms with Crippen molar-refractivity contribution in [1.82, 2.24) is 5.32 Å². The predicted octanol–water partition coefficient (Wildman–Crippen LogP) is 2.38. The second-order valence-corrected chi connectivity index (χ2v) is 5.63. The van der Waals surface area contributed by atoms with Gasteiger partial charge in [-0.3, -0.25) is 9.59 Å². The number of amides is 1. The highest BCUT2D eigenvalue weighted by atomic mass is 32.2. The molecule has 0 saturated heterocycles. The van der Waals surface area contributed by atoms with Crippen LogP contribution < -0.4 is 5.32 Å². The molecule has 0 aliphatic rings. The molecule has 5 heteroatoms. The van der Waals surface area contributed by atoms with Crippen molar-refractivity contribution in [3.8, 4) is 0 Å². The van der Waals surface area contributed by atoms with Gasteiger partial charge in [-0.05, 0) is 18.2 Å². The zero-order valence-corrected chi connectivity index (χ0v) is 12.8. The average molecular weight is 315 g/mol. The molecular weight excluding hydrogens is 298 g/mol. The molecule has 0 saturated carbocycles. The first-order chi connectivity index (χ1) is 10.7. The van der Waals surface area contributed by atoms with Gasteiger partial charge in [0.25, 0.3) is 5.91 Å². The molecule has 0 radical (unpaired) electrons. The Labute approximate surface area is 133 Å². The number of benzene rings is 2. The summed E-state index contributed by atoms with van der Waals surface area (Å²) < 4.78 is 0. The molecule has 2 rings (SSSR count). The van der Waals surface area contributed by atoms with Crippen LogP contribution in [0.15, 0.2) is 59.5 Å². The third kappa shape index (κ3) is 4.72. The molecule has 22 heavy (non-hydrogen) atoms. The Hall–Kier alpha value is -2.11. The van der Waals surface area contributed by atoms with Crippen LogP contribution in [0.1, 0.15) is 20.7 Å². The molecule has 0 aromatic heterocycles.